The third-order valence-electron chi connectivity index (χ3n) is 4.89. The Morgan fingerprint density at radius 2 is 1.51 bits per heavy atom. The molecule has 0 heterocycles. The predicted molar refractivity (Wildman–Crippen MR) is 137 cm³/mol. The molecule has 11 nitrogen and oxygen atoms in total. The Balaban J connectivity index is 0.00000300. The molecule has 0 spiro atoms. The van der Waals surface area contributed by atoms with Crippen LogP contribution in [0, 0.1) is 11.3 Å². The van der Waals surface area contributed by atoms with Crippen molar-refractivity contribution in [2.75, 3.05) is 20.2 Å². The molecule has 0 radical (unpaired) electrons. The van der Waals surface area contributed by atoms with Crippen LogP contribution in [0.4, 0.5) is 0 Å². The summed E-state index contributed by atoms with van der Waals surface area (Å²) < 4.78 is 5.27. The van der Waals surface area contributed by atoms with E-state index >= 15 is 0 Å². The summed E-state index contributed by atoms with van der Waals surface area (Å²) in [5, 5.41) is 15.2. The lowest BCUT2D eigenvalue weighted by Crippen LogP contribution is -2.51. The molecule has 206 valence electrons. The summed E-state index contributed by atoms with van der Waals surface area (Å²) >= 11 is 0. The van der Waals surface area contributed by atoms with Crippen molar-refractivity contribution in [1.29, 1.82) is 0 Å². The summed E-state index contributed by atoms with van der Waals surface area (Å²) in [7, 11) is 1.47. The topological polar surface area (TPSA) is 168 Å². The van der Waals surface area contributed by atoms with Gasteiger partial charge in [-0.2, -0.15) is 0 Å². The Bertz CT molecular complexity index is 992. The fourth-order valence-corrected chi connectivity index (χ4v) is 2.87. The lowest BCUT2D eigenvalue weighted by Gasteiger charge is -2.22. The average molecular weight is 522 g/mol. The number of carbonyl (C=O) groups excluding carboxylic acids is 5. The van der Waals surface area contributed by atoms with Crippen LogP contribution < -0.4 is 20.7 Å². The maximum absolute atomic E-state index is 12.6. The van der Waals surface area contributed by atoms with E-state index in [1.54, 1.807) is 52.8 Å². The molecular weight excluding hydrogens is 482 g/mol. The molecule has 1 rings (SSSR count). The van der Waals surface area contributed by atoms with E-state index in [1.165, 1.54) is 14.0 Å². The first kappa shape index (κ1) is 33.2. The van der Waals surface area contributed by atoms with Gasteiger partial charge in [0.2, 0.25) is 17.7 Å². The highest BCUT2D eigenvalue weighted by molar-refractivity contribution is 5.95. The molecule has 3 amide bonds. The van der Waals surface area contributed by atoms with E-state index in [-0.39, 0.29) is 42.9 Å². The highest BCUT2D eigenvalue weighted by atomic mass is 16.5. The second-order valence-electron chi connectivity index (χ2n) is 9.76. The number of rotatable bonds is 11. The number of amides is 3. The molecule has 4 N–H and O–H groups in total. The molecule has 0 saturated carbocycles. The van der Waals surface area contributed by atoms with Crippen molar-refractivity contribution in [3.63, 3.8) is 0 Å². The quantitative estimate of drug-likeness (QED) is 0.318. The minimum atomic E-state index is -0.864. The number of aliphatic carboxylic acids is 1. The van der Waals surface area contributed by atoms with Gasteiger partial charge in [0.25, 0.3) is 5.97 Å². The second-order valence-corrected chi connectivity index (χ2v) is 9.76. The third-order valence-corrected chi connectivity index (χ3v) is 4.89. The number of carbonyl (C=O) groups is 6. The molecule has 11 heteroatoms. The SMILES string of the molecule is CC(=O)O.COc1ccc(C(C)=O)cc1CC(=O)NC(C(=O)NCC(=O)CNC(=O)C(C)(C)C)C(C)C. The number of hydrogen-bond donors (Lipinski definition) is 4. The number of nitrogens with one attached hydrogen (secondary N) is 3. The maximum Gasteiger partial charge on any atom is 0.300 e. The first-order valence-corrected chi connectivity index (χ1v) is 11.7. The maximum atomic E-state index is 12.6. The van der Waals surface area contributed by atoms with Crippen molar-refractivity contribution in [2.45, 2.75) is 60.9 Å². The van der Waals surface area contributed by atoms with E-state index in [0.717, 1.165) is 6.92 Å². The largest absolute Gasteiger partial charge is 0.496 e. The van der Waals surface area contributed by atoms with Crippen LogP contribution in [-0.4, -0.2) is 66.6 Å². The predicted octanol–water partition coefficient (Wildman–Crippen LogP) is 1.52. The van der Waals surface area contributed by atoms with E-state index < -0.39 is 29.2 Å². The Labute approximate surface area is 217 Å². The molecule has 0 saturated heterocycles. The summed E-state index contributed by atoms with van der Waals surface area (Å²) in [5.74, 6) is -2.30. The number of carboxylic acids is 1. The number of carboxylic acid groups (broad SMARTS) is 1. The average Bonchev–Trinajstić information content (AvgIpc) is 2.77. The molecule has 0 aliphatic carbocycles. The molecule has 1 unspecified atom stereocenters. The van der Waals surface area contributed by atoms with Crippen molar-refractivity contribution < 1.29 is 38.6 Å². The zero-order valence-corrected chi connectivity index (χ0v) is 22.8. The lowest BCUT2D eigenvalue weighted by molar-refractivity contribution is -0.134. The second kappa shape index (κ2) is 15.4. The van der Waals surface area contributed by atoms with Gasteiger partial charge in [-0.05, 0) is 31.0 Å². The summed E-state index contributed by atoms with van der Waals surface area (Å²) in [6, 6.07) is 3.97. The van der Waals surface area contributed by atoms with Crippen molar-refractivity contribution in [3.8, 4) is 5.75 Å². The van der Waals surface area contributed by atoms with Gasteiger partial charge in [0, 0.05) is 23.5 Å². The van der Waals surface area contributed by atoms with Crippen LogP contribution >= 0.6 is 0 Å². The first-order chi connectivity index (χ1) is 17.0. The van der Waals surface area contributed by atoms with Crippen molar-refractivity contribution in [3.05, 3.63) is 29.3 Å². The highest BCUT2D eigenvalue weighted by Crippen LogP contribution is 2.21. The number of methoxy groups -OCH3 is 1. The molecule has 0 aliphatic heterocycles. The van der Waals surface area contributed by atoms with Crippen LogP contribution in [0.15, 0.2) is 18.2 Å². The fourth-order valence-electron chi connectivity index (χ4n) is 2.87. The molecular formula is C26H39N3O8. The summed E-state index contributed by atoms with van der Waals surface area (Å²) in [4.78, 5) is 69.8. The molecule has 0 aromatic heterocycles. The highest BCUT2D eigenvalue weighted by Gasteiger charge is 2.26. The summed E-state index contributed by atoms with van der Waals surface area (Å²) in [5.41, 5.74) is 0.354. The van der Waals surface area contributed by atoms with E-state index in [2.05, 4.69) is 16.0 Å². The zero-order valence-electron chi connectivity index (χ0n) is 22.8. The number of benzene rings is 1. The van der Waals surface area contributed by atoms with Crippen LogP contribution in [0.1, 0.15) is 64.4 Å². The van der Waals surface area contributed by atoms with E-state index in [0.29, 0.717) is 16.9 Å². The van der Waals surface area contributed by atoms with E-state index in [4.69, 9.17) is 14.6 Å². The van der Waals surface area contributed by atoms with Gasteiger partial charge in [-0.3, -0.25) is 28.8 Å². The van der Waals surface area contributed by atoms with Crippen LogP contribution in [0.5, 0.6) is 5.75 Å². The Morgan fingerprint density at radius 1 is 0.973 bits per heavy atom. The number of Topliss-reactive ketones (excluding diaryl/α,β-unsaturated/α-hetero) is 2. The van der Waals surface area contributed by atoms with Gasteiger partial charge in [0.1, 0.15) is 11.8 Å². The minimum Gasteiger partial charge on any atom is -0.496 e. The summed E-state index contributed by atoms with van der Waals surface area (Å²) in [6.45, 7) is 10.8. The smallest absolute Gasteiger partial charge is 0.300 e. The van der Waals surface area contributed by atoms with Crippen LogP contribution in [0.25, 0.3) is 0 Å². The Hall–Kier alpha value is -3.76. The Morgan fingerprint density at radius 3 is 1.97 bits per heavy atom. The molecule has 1 atom stereocenters. The zero-order chi connectivity index (χ0) is 28.9. The first-order valence-electron chi connectivity index (χ1n) is 11.7. The Kier molecular flexibility index (Phi) is 13.8. The molecule has 37 heavy (non-hydrogen) atoms. The van der Waals surface area contributed by atoms with Gasteiger partial charge in [0.05, 0.1) is 26.6 Å². The normalized spacial score (nSPS) is 11.4. The van der Waals surface area contributed by atoms with Gasteiger partial charge >= 0.3 is 0 Å². The van der Waals surface area contributed by atoms with Crippen molar-refractivity contribution in [1.82, 2.24) is 16.0 Å². The van der Waals surface area contributed by atoms with Crippen molar-refractivity contribution in [2.24, 2.45) is 11.3 Å². The molecule has 0 bridgehead atoms. The summed E-state index contributed by atoms with van der Waals surface area (Å²) in [6.07, 6.45) is -0.0848. The lowest BCUT2D eigenvalue weighted by atomic mass is 9.96. The van der Waals surface area contributed by atoms with Gasteiger partial charge in [-0.1, -0.05) is 34.6 Å². The van der Waals surface area contributed by atoms with Gasteiger partial charge in [0.15, 0.2) is 11.6 Å². The van der Waals surface area contributed by atoms with Gasteiger partial charge in [-0.15, -0.1) is 0 Å². The molecule has 0 aliphatic rings. The van der Waals surface area contributed by atoms with Crippen molar-refractivity contribution >= 4 is 35.3 Å². The molecule has 0 fully saturated rings. The van der Waals surface area contributed by atoms with Gasteiger partial charge in [-0.25, -0.2) is 0 Å². The van der Waals surface area contributed by atoms with Gasteiger partial charge < -0.3 is 25.8 Å². The van der Waals surface area contributed by atoms with E-state index in [1.807, 2.05) is 0 Å². The molecule has 1 aromatic rings. The van der Waals surface area contributed by atoms with Crippen LogP contribution in [0.2, 0.25) is 0 Å². The van der Waals surface area contributed by atoms with Crippen LogP contribution in [0.3, 0.4) is 0 Å². The van der Waals surface area contributed by atoms with Crippen LogP contribution in [-0.2, 0) is 30.4 Å². The standard InChI is InChI=1S/C24H35N3O6.C2H4O2/c1-14(2)21(22(31)25-12-18(29)13-26-23(32)24(4,5)6)27-20(30)11-17-10-16(15(3)28)8-9-19(17)33-7;1-2(3)4/h8-10,14,21H,11-13H2,1-7H3,(H,25,31)(H,26,32)(H,27,30);1H3,(H,3,4). The number of hydrogen-bond acceptors (Lipinski definition) is 7. The minimum absolute atomic E-state index is 0.0848. The molecule has 1 aromatic carbocycles. The fraction of sp³-hybridized carbons (Fsp3) is 0.538. The van der Waals surface area contributed by atoms with E-state index in [9.17, 15) is 24.0 Å². The third kappa shape index (κ3) is 13.2. The number of ether oxygens (including phenoxy) is 1. The number of ketones is 2. The monoisotopic (exact) mass is 521 g/mol.